The largest absolute Gasteiger partial charge is 0.467 e. The maximum atomic E-state index is 11.5. The molecule has 0 saturated carbocycles. The lowest BCUT2D eigenvalue weighted by atomic mass is 10.3. The van der Waals surface area contributed by atoms with E-state index in [4.69, 9.17) is 4.42 Å². The Hall–Kier alpha value is -1.83. The van der Waals surface area contributed by atoms with Crippen LogP contribution in [0, 0.1) is 0 Å². The van der Waals surface area contributed by atoms with Crippen molar-refractivity contribution in [1.29, 1.82) is 0 Å². The average Bonchev–Trinajstić information content (AvgIpc) is 2.81. The van der Waals surface area contributed by atoms with Crippen LogP contribution in [0.1, 0.15) is 17.5 Å². The SMILES string of the molecule is COC(=O)[C@H](C)NC(=O)CNC(=O)c1ccc(Br)o1. The maximum Gasteiger partial charge on any atom is 0.328 e. The van der Waals surface area contributed by atoms with Gasteiger partial charge in [-0.1, -0.05) is 0 Å². The Balaban J connectivity index is 2.38. The number of nitrogens with one attached hydrogen (secondary N) is 2. The van der Waals surface area contributed by atoms with Crippen molar-refractivity contribution in [3.05, 3.63) is 22.6 Å². The van der Waals surface area contributed by atoms with Gasteiger partial charge >= 0.3 is 5.97 Å². The molecule has 2 N–H and O–H groups in total. The summed E-state index contributed by atoms with van der Waals surface area (Å²) in [6.45, 7) is 1.22. The van der Waals surface area contributed by atoms with Crippen molar-refractivity contribution in [1.82, 2.24) is 10.6 Å². The van der Waals surface area contributed by atoms with Gasteiger partial charge in [0.15, 0.2) is 10.4 Å². The molecule has 0 aliphatic rings. The van der Waals surface area contributed by atoms with E-state index in [1.165, 1.54) is 20.1 Å². The van der Waals surface area contributed by atoms with Crippen molar-refractivity contribution in [3.8, 4) is 0 Å². The number of carbonyl (C=O) groups is 3. The lowest BCUT2D eigenvalue weighted by Gasteiger charge is -2.11. The number of halogens is 1. The Morgan fingerprint density at radius 1 is 1.42 bits per heavy atom. The lowest BCUT2D eigenvalue weighted by Crippen LogP contribution is -2.44. The van der Waals surface area contributed by atoms with E-state index >= 15 is 0 Å². The first kappa shape index (κ1) is 15.2. The zero-order valence-corrected chi connectivity index (χ0v) is 11.9. The average molecular weight is 333 g/mol. The number of ether oxygens (including phenoxy) is 1. The highest BCUT2D eigenvalue weighted by Crippen LogP contribution is 2.13. The minimum atomic E-state index is -0.771. The Morgan fingerprint density at radius 2 is 2.11 bits per heavy atom. The molecule has 19 heavy (non-hydrogen) atoms. The predicted molar refractivity (Wildman–Crippen MR) is 68.4 cm³/mol. The predicted octanol–water partition coefficient (Wildman–Crippen LogP) is 0.450. The summed E-state index contributed by atoms with van der Waals surface area (Å²) in [6.07, 6.45) is 0. The van der Waals surface area contributed by atoms with Gasteiger partial charge in [0.1, 0.15) is 6.04 Å². The van der Waals surface area contributed by atoms with Crippen LogP contribution in [0.25, 0.3) is 0 Å². The van der Waals surface area contributed by atoms with Gasteiger partial charge in [0.25, 0.3) is 5.91 Å². The second-order valence-electron chi connectivity index (χ2n) is 3.60. The van der Waals surface area contributed by atoms with Gasteiger partial charge in [-0.2, -0.15) is 0 Å². The van der Waals surface area contributed by atoms with E-state index in [1.807, 2.05) is 0 Å². The molecule has 0 saturated heterocycles. The summed E-state index contributed by atoms with van der Waals surface area (Å²) in [5, 5.41) is 4.73. The molecule has 7 nitrogen and oxygen atoms in total. The Labute approximate surface area is 117 Å². The second-order valence-corrected chi connectivity index (χ2v) is 4.38. The zero-order valence-electron chi connectivity index (χ0n) is 10.4. The third kappa shape index (κ3) is 4.74. The molecule has 0 unspecified atom stereocenters. The monoisotopic (exact) mass is 332 g/mol. The molecule has 0 fully saturated rings. The van der Waals surface area contributed by atoms with E-state index in [0.717, 1.165) is 0 Å². The Kier molecular flexibility index (Phi) is 5.56. The first-order valence-corrected chi connectivity index (χ1v) is 6.14. The van der Waals surface area contributed by atoms with E-state index in [0.29, 0.717) is 4.67 Å². The van der Waals surface area contributed by atoms with E-state index in [2.05, 4.69) is 31.3 Å². The summed E-state index contributed by atoms with van der Waals surface area (Å²) in [5.74, 6) is -1.50. The molecular weight excluding hydrogens is 320 g/mol. The molecule has 1 aromatic rings. The quantitative estimate of drug-likeness (QED) is 0.763. The van der Waals surface area contributed by atoms with Crippen LogP contribution in [-0.2, 0) is 14.3 Å². The van der Waals surface area contributed by atoms with Gasteiger partial charge in [-0.25, -0.2) is 4.79 Å². The molecule has 0 aliphatic carbocycles. The van der Waals surface area contributed by atoms with Crippen LogP contribution in [0.5, 0.6) is 0 Å². The minimum Gasteiger partial charge on any atom is -0.467 e. The molecule has 1 rings (SSSR count). The fourth-order valence-electron chi connectivity index (χ4n) is 1.21. The smallest absolute Gasteiger partial charge is 0.328 e. The molecule has 1 aromatic heterocycles. The molecule has 1 atom stereocenters. The molecule has 0 radical (unpaired) electrons. The van der Waals surface area contributed by atoms with E-state index in [1.54, 1.807) is 6.07 Å². The topological polar surface area (TPSA) is 97.6 Å². The molecule has 0 aromatic carbocycles. The van der Waals surface area contributed by atoms with Gasteiger partial charge in [0.2, 0.25) is 5.91 Å². The fraction of sp³-hybridized carbons (Fsp3) is 0.364. The second kappa shape index (κ2) is 6.93. The molecule has 0 bridgehead atoms. The van der Waals surface area contributed by atoms with Crippen molar-refractivity contribution >= 4 is 33.7 Å². The molecule has 8 heteroatoms. The van der Waals surface area contributed by atoms with Crippen molar-refractivity contribution < 1.29 is 23.5 Å². The number of hydrogen-bond donors (Lipinski definition) is 2. The summed E-state index contributed by atoms with van der Waals surface area (Å²) in [4.78, 5) is 34.0. The van der Waals surface area contributed by atoms with Crippen molar-refractivity contribution in [2.24, 2.45) is 0 Å². The summed E-state index contributed by atoms with van der Waals surface area (Å²) in [6, 6.07) is 2.26. The number of esters is 1. The van der Waals surface area contributed by atoms with Crippen LogP contribution in [0.3, 0.4) is 0 Å². The van der Waals surface area contributed by atoms with Gasteiger partial charge in [-0.3, -0.25) is 9.59 Å². The van der Waals surface area contributed by atoms with Gasteiger partial charge < -0.3 is 19.8 Å². The Morgan fingerprint density at radius 3 is 2.63 bits per heavy atom. The highest BCUT2D eigenvalue weighted by molar-refractivity contribution is 9.10. The summed E-state index contributed by atoms with van der Waals surface area (Å²) < 4.78 is 9.88. The van der Waals surface area contributed by atoms with Gasteiger partial charge in [-0.05, 0) is 35.0 Å². The first-order chi connectivity index (χ1) is 8.93. The van der Waals surface area contributed by atoms with Crippen LogP contribution >= 0.6 is 15.9 Å². The normalized spacial score (nSPS) is 11.5. The van der Waals surface area contributed by atoms with Gasteiger partial charge in [-0.15, -0.1) is 0 Å². The summed E-state index contributed by atoms with van der Waals surface area (Å²) in [5.41, 5.74) is 0. The third-order valence-electron chi connectivity index (χ3n) is 2.14. The maximum absolute atomic E-state index is 11.5. The number of amides is 2. The molecular formula is C11H13BrN2O5. The van der Waals surface area contributed by atoms with Crippen LogP contribution in [0.2, 0.25) is 0 Å². The molecule has 2 amide bonds. The van der Waals surface area contributed by atoms with Gasteiger partial charge in [0, 0.05) is 0 Å². The minimum absolute atomic E-state index is 0.0840. The van der Waals surface area contributed by atoms with E-state index < -0.39 is 23.8 Å². The van der Waals surface area contributed by atoms with Crippen molar-refractivity contribution in [2.75, 3.05) is 13.7 Å². The van der Waals surface area contributed by atoms with E-state index in [-0.39, 0.29) is 12.3 Å². The van der Waals surface area contributed by atoms with Crippen LogP contribution in [0.15, 0.2) is 21.2 Å². The molecule has 0 aliphatic heterocycles. The Bertz CT molecular complexity index is 485. The van der Waals surface area contributed by atoms with Crippen LogP contribution < -0.4 is 10.6 Å². The fourth-order valence-corrected chi connectivity index (χ4v) is 1.52. The molecule has 1 heterocycles. The van der Waals surface area contributed by atoms with Crippen molar-refractivity contribution in [2.45, 2.75) is 13.0 Å². The standard InChI is InChI=1S/C11H13BrN2O5/c1-6(11(17)18-2)14-9(15)5-13-10(16)7-3-4-8(12)19-7/h3-4,6H,5H2,1-2H3,(H,13,16)(H,14,15)/t6-/m0/s1. The molecule has 104 valence electrons. The lowest BCUT2D eigenvalue weighted by molar-refractivity contribution is -0.144. The highest BCUT2D eigenvalue weighted by atomic mass is 79.9. The summed E-state index contributed by atoms with van der Waals surface area (Å²) in [7, 11) is 1.22. The first-order valence-electron chi connectivity index (χ1n) is 5.34. The van der Waals surface area contributed by atoms with E-state index in [9.17, 15) is 14.4 Å². The van der Waals surface area contributed by atoms with Crippen molar-refractivity contribution in [3.63, 3.8) is 0 Å². The number of hydrogen-bond acceptors (Lipinski definition) is 5. The number of furan rings is 1. The number of carbonyl (C=O) groups excluding carboxylic acids is 3. The van der Waals surface area contributed by atoms with Gasteiger partial charge in [0.05, 0.1) is 13.7 Å². The highest BCUT2D eigenvalue weighted by Gasteiger charge is 2.17. The number of rotatable bonds is 5. The summed E-state index contributed by atoms with van der Waals surface area (Å²) >= 11 is 3.06. The molecule has 0 spiro atoms. The third-order valence-corrected chi connectivity index (χ3v) is 2.56. The zero-order chi connectivity index (χ0) is 14.4. The number of methoxy groups -OCH3 is 1. The van der Waals surface area contributed by atoms with Crippen LogP contribution in [0.4, 0.5) is 0 Å². The van der Waals surface area contributed by atoms with Crippen LogP contribution in [-0.4, -0.2) is 37.5 Å².